The van der Waals surface area contributed by atoms with E-state index in [0.717, 1.165) is 44.0 Å². The minimum atomic E-state index is 0.568. The number of ether oxygens (including phenoxy) is 1. The van der Waals surface area contributed by atoms with Crippen LogP contribution in [0.15, 0.2) is 24.3 Å². The Hall–Kier alpha value is -0.570. The molecule has 0 amide bonds. The van der Waals surface area contributed by atoms with Gasteiger partial charge in [-0.05, 0) is 56.3 Å². The van der Waals surface area contributed by atoms with E-state index in [9.17, 15) is 0 Å². The lowest BCUT2D eigenvalue weighted by Gasteiger charge is -2.17. The average Bonchev–Trinajstić information content (AvgIpc) is 2.40. The molecule has 0 saturated heterocycles. The third-order valence-electron chi connectivity index (χ3n) is 3.47. The molecule has 0 fully saturated rings. The second kappa shape index (κ2) is 10.2. The first-order valence-electron chi connectivity index (χ1n) is 7.59. The van der Waals surface area contributed by atoms with Gasteiger partial charge in [-0.15, -0.1) is 0 Å². The zero-order valence-corrected chi connectivity index (χ0v) is 13.7. The monoisotopic (exact) mass is 297 g/mol. The Balaban J connectivity index is 2.35. The minimum Gasteiger partial charge on any atom is -0.381 e. The molecule has 0 spiro atoms. The second-order valence-electron chi connectivity index (χ2n) is 5.80. The van der Waals surface area contributed by atoms with E-state index in [2.05, 4.69) is 31.3 Å². The van der Waals surface area contributed by atoms with Gasteiger partial charge in [0.25, 0.3) is 0 Å². The van der Waals surface area contributed by atoms with Gasteiger partial charge in [-0.1, -0.05) is 43.6 Å². The van der Waals surface area contributed by atoms with Gasteiger partial charge in [-0.3, -0.25) is 0 Å². The van der Waals surface area contributed by atoms with Crippen molar-refractivity contribution in [3.63, 3.8) is 0 Å². The first-order chi connectivity index (χ1) is 9.63. The van der Waals surface area contributed by atoms with Crippen molar-refractivity contribution in [2.24, 2.45) is 11.8 Å². The molecule has 0 aliphatic heterocycles. The van der Waals surface area contributed by atoms with Gasteiger partial charge in [0.1, 0.15) is 0 Å². The molecular formula is C17H28ClNO. The zero-order valence-electron chi connectivity index (χ0n) is 13.0. The predicted octanol–water partition coefficient (Wildman–Crippen LogP) is 4.17. The number of hydrogen-bond acceptors (Lipinski definition) is 2. The van der Waals surface area contributed by atoms with Crippen molar-refractivity contribution in [3.8, 4) is 0 Å². The molecule has 1 aromatic rings. The lowest BCUT2D eigenvalue weighted by atomic mass is 9.96. The van der Waals surface area contributed by atoms with E-state index in [4.69, 9.17) is 16.3 Å². The quantitative estimate of drug-likeness (QED) is 0.654. The summed E-state index contributed by atoms with van der Waals surface area (Å²) in [7, 11) is 2.00. The lowest BCUT2D eigenvalue weighted by molar-refractivity contribution is 0.110. The molecule has 0 aliphatic carbocycles. The first-order valence-corrected chi connectivity index (χ1v) is 7.97. The molecule has 0 bridgehead atoms. The Bertz CT molecular complexity index is 368. The third kappa shape index (κ3) is 7.28. The molecule has 1 rings (SSSR count). The van der Waals surface area contributed by atoms with E-state index in [1.165, 1.54) is 5.56 Å². The van der Waals surface area contributed by atoms with Crippen molar-refractivity contribution in [3.05, 3.63) is 34.9 Å². The molecule has 3 heteroatoms. The number of halogens is 1. The summed E-state index contributed by atoms with van der Waals surface area (Å²) < 4.78 is 5.73. The van der Waals surface area contributed by atoms with Gasteiger partial charge in [0, 0.05) is 18.2 Å². The fourth-order valence-corrected chi connectivity index (χ4v) is 2.42. The van der Waals surface area contributed by atoms with Crippen molar-refractivity contribution in [1.29, 1.82) is 0 Å². The topological polar surface area (TPSA) is 21.3 Å². The fraction of sp³-hybridized carbons (Fsp3) is 0.647. The Morgan fingerprint density at radius 2 is 1.85 bits per heavy atom. The van der Waals surface area contributed by atoms with Crippen molar-refractivity contribution in [2.45, 2.75) is 33.1 Å². The standard InChI is InChI=1S/C17H28ClNO/c1-14(2)8-10-20-11-9-15(13-19-3)12-16-6-4-5-7-17(16)18/h4-7,14-15,19H,8-13H2,1-3H3. The van der Waals surface area contributed by atoms with Crippen LogP contribution >= 0.6 is 11.6 Å². The molecule has 2 nitrogen and oxygen atoms in total. The molecule has 0 aliphatic rings. The third-order valence-corrected chi connectivity index (χ3v) is 3.84. The summed E-state index contributed by atoms with van der Waals surface area (Å²) in [6.45, 7) is 7.16. The zero-order chi connectivity index (χ0) is 14.8. The van der Waals surface area contributed by atoms with E-state index >= 15 is 0 Å². The van der Waals surface area contributed by atoms with E-state index in [-0.39, 0.29) is 0 Å². The van der Waals surface area contributed by atoms with Crippen LogP contribution < -0.4 is 5.32 Å². The maximum absolute atomic E-state index is 6.24. The summed E-state index contributed by atoms with van der Waals surface area (Å²) in [6, 6.07) is 8.11. The highest BCUT2D eigenvalue weighted by atomic mass is 35.5. The maximum atomic E-state index is 6.24. The fourth-order valence-electron chi connectivity index (χ4n) is 2.21. The van der Waals surface area contributed by atoms with E-state index in [0.29, 0.717) is 11.8 Å². The van der Waals surface area contributed by atoms with E-state index in [1.807, 2.05) is 19.2 Å². The average molecular weight is 298 g/mol. The lowest BCUT2D eigenvalue weighted by Crippen LogP contribution is -2.22. The minimum absolute atomic E-state index is 0.568. The molecular weight excluding hydrogens is 270 g/mol. The highest BCUT2D eigenvalue weighted by Crippen LogP contribution is 2.20. The number of hydrogen-bond donors (Lipinski definition) is 1. The van der Waals surface area contributed by atoms with Gasteiger partial charge in [-0.2, -0.15) is 0 Å². The van der Waals surface area contributed by atoms with Gasteiger partial charge >= 0.3 is 0 Å². The summed E-state index contributed by atoms with van der Waals surface area (Å²) in [6.07, 6.45) is 3.22. The van der Waals surface area contributed by atoms with Crippen molar-refractivity contribution < 1.29 is 4.74 Å². The summed E-state index contributed by atoms with van der Waals surface area (Å²) in [5.74, 6) is 1.28. The van der Waals surface area contributed by atoms with Crippen LogP contribution in [0.3, 0.4) is 0 Å². The molecule has 0 aromatic heterocycles. The largest absolute Gasteiger partial charge is 0.381 e. The molecule has 1 atom stereocenters. The molecule has 20 heavy (non-hydrogen) atoms. The Kier molecular flexibility index (Phi) is 8.92. The van der Waals surface area contributed by atoms with Crippen LogP contribution in [0, 0.1) is 11.8 Å². The van der Waals surface area contributed by atoms with Gasteiger partial charge in [-0.25, -0.2) is 0 Å². The molecule has 0 radical (unpaired) electrons. The molecule has 114 valence electrons. The smallest absolute Gasteiger partial charge is 0.0469 e. The van der Waals surface area contributed by atoms with Crippen LogP contribution in [0.1, 0.15) is 32.3 Å². The Morgan fingerprint density at radius 3 is 2.50 bits per heavy atom. The van der Waals surface area contributed by atoms with Crippen molar-refractivity contribution in [1.82, 2.24) is 5.32 Å². The first kappa shape index (κ1) is 17.5. The van der Waals surface area contributed by atoms with Crippen LogP contribution in [0.25, 0.3) is 0 Å². The number of benzene rings is 1. The molecule has 0 heterocycles. The second-order valence-corrected chi connectivity index (χ2v) is 6.21. The van der Waals surface area contributed by atoms with Gasteiger partial charge < -0.3 is 10.1 Å². The summed E-state index contributed by atoms with van der Waals surface area (Å²) in [5, 5.41) is 4.14. The van der Waals surface area contributed by atoms with E-state index < -0.39 is 0 Å². The highest BCUT2D eigenvalue weighted by Gasteiger charge is 2.11. The maximum Gasteiger partial charge on any atom is 0.0469 e. The Labute approximate surface area is 128 Å². The van der Waals surface area contributed by atoms with Crippen molar-refractivity contribution in [2.75, 3.05) is 26.8 Å². The summed E-state index contributed by atoms with van der Waals surface area (Å²) >= 11 is 6.24. The SMILES string of the molecule is CNCC(CCOCCC(C)C)Cc1ccccc1Cl. The predicted molar refractivity (Wildman–Crippen MR) is 87.5 cm³/mol. The normalized spacial score (nSPS) is 12.8. The van der Waals surface area contributed by atoms with Crippen LogP contribution in [-0.2, 0) is 11.2 Å². The van der Waals surface area contributed by atoms with Crippen LogP contribution in [-0.4, -0.2) is 26.8 Å². The van der Waals surface area contributed by atoms with Crippen LogP contribution in [0.5, 0.6) is 0 Å². The van der Waals surface area contributed by atoms with E-state index in [1.54, 1.807) is 0 Å². The molecule has 1 N–H and O–H groups in total. The van der Waals surface area contributed by atoms with Gasteiger partial charge in [0.15, 0.2) is 0 Å². The molecule has 1 unspecified atom stereocenters. The summed E-state index contributed by atoms with van der Waals surface area (Å²) in [4.78, 5) is 0. The van der Waals surface area contributed by atoms with Crippen LogP contribution in [0.2, 0.25) is 5.02 Å². The van der Waals surface area contributed by atoms with Crippen molar-refractivity contribution >= 4 is 11.6 Å². The Morgan fingerprint density at radius 1 is 1.15 bits per heavy atom. The molecule has 0 saturated carbocycles. The van der Waals surface area contributed by atoms with Gasteiger partial charge in [0.2, 0.25) is 0 Å². The number of nitrogens with one attached hydrogen (secondary N) is 1. The summed E-state index contributed by atoms with van der Waals surface area (Å²) in [5.41, 5.74) is 1.23. The molecule has 1 aromatic carbocycles. The van der Waals surface area contributed by atoms with Gasteiger partial charge in [0.05, 0.1) is 0 Å². The van der Waals surface area contributed by atoms with Crippen LogP contribution in [0.4, 0.5) is 0 Å². The highest BCUT2D eigenvalue weighted by molar-refractivity contribution is 6.31. The number of rotatable bonds is 10.